The summed E-state index contributed by atoms with van der Waals surface area (Å²) in [6, 6.07) is 0.669. The molecule has 1 nitrogen and oxygen atoms in total. The first kappa shape index (κ1) is 10.9. The van der Waals surface area contributed by atoms with Crippen molar-refractivity contribution in [2.45, 2.75) is 46.1 Å². The lowest BCUT2D eigenvalue weighted by molar-refractivity contribution is 0.309. The Bertz CT molecular complexity index is 104. The molecular weight excluding hydrogens is 154 g/mol. The fourth-order valence-corrected chi connectivity index (χ4v) is 1.68. The van der Waals surface area contributed by atoms with Crippen molar-refractivity contribution in [1.82, 2.24) is 4.90 Å². The monoisotopic (exact) mass is 173 g/mol. The van der Waals surface area contributed by atoms with Crippen LogP contribution in [0.5, 0.6) is 0 Å². The van der Waals surface area contributed by atoms with Crippen LogP contribution in [0.2, 0.25) is 0 Å². The zero-order valence-electron chi connectivity index (χ0n) is 7.84. The van der Waals surface area contributed by atoms with Gasteiger partial charge in [-0.2, -0.15) is 0 Å². The van der Waals surface area contributed by atoms with Gasteiger partial charge >= 0.3 is 0 Å². The molecule has 0 saturated carbocycles. The molecule has 0 aliphatic heterocycles. The van der Waals surface area contributed by atoms with E-state index in [9.17, 15) is 0 Å². The summed E-state index contributed by atoms with van der Waals surface area (Å²) in [4.78, 5) is 2.25. The van der Waals surface area contributed by atoms with E-state index in [2.05, 4.69) is 25.7 Å². The van der Waals surface area contributed by atoms with Gasteiger partial charge in [-0.3, -0.25) is 0 Å². The smallest absolute Gasteiger partial charge is 0.0643 e. The van der Waals surface area contributed by atoms with E-state index in [0.717, 1.165) is 6.54 Å². The van der Waals surface area contributed by atoms with Crippen molar-refractivity contribution >= 4 is 17.7 Å². The largest absolute Gasteiger partial charge is 0.366 e. The van der Waals surface area contributed by atoms with E-state index in [1.807, 2.05) is 0 Å². The molecule has 0 saturated heterocycles. The van der Waals surface area contributed by atoms with Gasteiger partial charge in [0.25, 0.3) is 0 Å². The Hall–Kier alpha value is -0.110. The van der Waals surface area contributed by atoms with Crippen molar-refractivity contribution in [1.29, 1.82) is 0 Å². The molecule has 0 aromatic carbocycles. The molecule has 0 spiro atoms. The maximum absolute atomic E-state index is 4.93. The van der Waals surface area contributed by atoms with Crippen LogP contribution in [0.1, 0.15) is 40.0 Å². The third-order valence-electron chi connectivity index (χ3n) is 2.06. The number of thiocarbonyl (C=S) groups is 1. The molecular formula is C9H19NS. The van der Waals surface area contributed by atoms with Crippen LogP contribution in [0.15, 0.2) is 0 Å². The van der Waals surface area contributed by atoms with Crippen molar-refractivity contribution in [3.05, 3.63) is 0 Å². The predicted octanol–water partition coefficient (Wildman–Crippen LogP) is 2.84. The van der Waals surface area contributed by atoms with Gasteiger partial charge in [0, 0.05) is 12.6 Å². The van der Waals surface area contributed by atoms with Gasteiger partial charge in [-0.15, -0.1) is 0 Å². The summed E-state index contributed by atoms with van der Waals surface area (Å²) in [5, 5.41) is 0. The Balaban J connectivity index is 3.86. The van der Waals surface area contributed by atoms with E-state index in [0.29, 0.717) is 6.04 Å². The first-order valence-corrected chi connectivity index (χ1v) is 4.98. The molecule has 0 aliphatic carbocycles. The topological polar surface area (TPSA) is 3.24 Å². The highest BCUT2D eigenvalue weighted by atomic mass is 32.1. The van der Waals surface area contributed by atoms with Crippen molar-refractivity contribution in [2.24, 2.45) is 0 Å². The molecule has 1 unspecified atom stereocenters. The van der Waals surface area contributed by atoms with Crippen LogP contribution < -0.4 is 0 Å². The van der Waals surface area contributed by atoms with Crippen LogP contribution in [0, 0.1) is 0 Å². The standard InChI is InChI=1S/C9H19NS/c1-4-7-9(5-2)10(6-3)8-11/h8-9H,4-7H2,1-3H3. The maximum atomic E-state index is 4.93. The highest BCUT2D eigenvalue weighted by Crippen LogP contribution is 2.08. The molecule has 0 heterocycles. The van der Waals surface area contributed by atoms with Gasteiger partial charge in [0.2, 0.25) is 0 Å². The Morgan fingerprint density at radius 3 is 2.27 bits per heavy atom. The van der Waals surface area contributed by atoms with E-state index >= 15 is 0 Å². The lowest BCUT2D eigenvalue weighted by atomic mass is 10.1. The first-order valence-electron chi connectivity index (χ1n) is 4.51. The lowest BCUT2D eigenvalue weighted by Crippen LogP contribution is -2.32. The second-order valence-corrected chi connectivity index (χ2v) is 3.00. The second kappa shape index (κ2) is 6.59. The molecule has 0 bridgehead atoms. The quantitative estimate of drug-likeness (QED) is 0.568. The van der Waals surface area contributed by atoms with E-state index in [4.69, 9.17) is 12.2 Å². The summed E-state index contributed by atoms with van der Waals surface area (Å²) < 4.78 is 0. The third-order valence-corrected chi connectivity index (χ3v) is 2.33. The van der Waals surface area contributed by atoms with Gasteiger partial charge in [0.1, 0.15) is 0 Å². The summed E-state index contributed by atoms with van der Waals surface area (Å²) in [6.45, 7) is 7.64. The summed E-state index contributed by atoms with van der Waals surface area (Å²) in [5.41, 5.74) is 1.80. The zero-order valence-corrected chi connectivity index (χ0v) is 8.66. The van der Waals surface area contributed by atoms with Gasteiger partial charge in [0.15, 0.2) is 0 Å². The molecule has 0 rings (SSSR count). The SMILES string of the molecule is CCCC(CC)N(C=S)CC. The molecule has 0 aromatic heterocycles. The predicted molar refractivity (Wildman–Crippen MR) is 55.0 cm³/mol. The Labute approximate surface area is 75.8 Å². The zero-order chi connectivity index (χ0) is 8.69. The molecule has 0 aromatic rings. The average Bonchev–Trinajstić information content (AvgIpc) is 2.05. The summed E-state index contributed by atoms with van der Waals surface area (Å²) in [6.07, 6.45) is 3.71. The van der Waals surface area contributed by atoms with Crippen LogP contribution in [-0.2, 0) is 0 Å². The molecule has 0 radical (unpaired) electrons. The van der Waals surface area contributed by atoms with Crippen LogP contribution in [0.4, 0.5) is 0 Å². The number of hydrogen-bond donors (Lipinski definition) is 0. The summed E-state index contributed by atoms with van der Waals surface area (Å²) in [5.74, 6) is 0. The van der Waals surface area contributed by atoms with Crippen LogP contribution >= 0.6 is 12.2 Å². The fourth-order valence-electron chi connectivity index (χ4n) is 1.36. The number of rotatable bonds is 6. The first-order chi connectivity index (χ1) is 5.29. The van der Waals surface area contributed by atoms with Crippen molar-refractivity contribution in [3.63, 3.8) is 0 Å². The molecule has 2 heteroatoms. The van der Waals surface area contributed by atoms with Gasteiger partial charge in [-0.25, -0.2) is 0 Å². The Morgan fingerprint density at radius 2 is 2.00 bits per heavy atom. The van der Waals surface area contributed by atoms with E-state index in [-0.39, 0.29) is 0 Å². The molecule has 11 heavy (non-hydrogen) atoms. The van der Waals surface area contributed by atoms with Gasteiger partial charge in [-0.05, 0) is 19.8 Å². The summed E-state index contributed by atoms with van der Waals surface area (Å²) >= 11 is 4.93. The fraction of sp³-hybridized carbons (Fsp3) is 0.889. The minimum absolute atomic E-state index is 0.669. The minimum Gasteiger partial charge on any atom is -0.366 e. The highest BCUT2D eigenvalue weighted by molar-refractivity contribution is 7.78. The van der Waals surface area contributed by atoms with Crippen molar-refractivity contribution in [3.8, 4) is 0 Å². The lowest BCUT2D eigenvalue weighted by Gasteiger charge is -2.27. The highest BCUT2D eigenvalue weighted by Gasteiger charge is 2.09. The average molecular weight is 173 g/mol. The van der Waals surface area contributed by atoms with Crippen LogP contribution in [0.3, 0.4) is 0 Å². The van der Waals surface area contributed by atoms with Gasteiger partial charge in [-0.1, -0.05) is 32.5 Å². The number of hydrogen-bond acceptors (Lipinski definition) is 1. The molecule has 0 aliphatic rings. The second-order valence-electron chi connectivity index (χ2n) is 2.79. The van der Waals surface area contributed by atoms with Crippen molar-refractivity contribution < 1.29 is 0 Å². The minimum atomic E-state index is 0.669. The van der Waals surface area contributed by atoms with E-state index in [1.54, 1.807) is 5.49 Å². The van der Waals surface area contributed by atoms with Gasteiger partial charge < -0.3 is 4.90 Å². The number of nitrogens with zero attached hydrogens (tertiary/aromatic N) is 1. The molecule has 66 valence electrons. The van der Waals surface area contributed by atoms with Gasteiger partial charge in [0.05, 0.1) is 5.49 Å². The Kier molecular flexibility index (Phi) is 6.52. The Morgan fingerprint density at radius 1 is 1.36 bits per heavy atom. The van der Waals surface area contributed by atoms with E-state index < -0.39 is 0 Å². The molecule has 0 amide bonds. The third kappa shape index (κ3) is 3.71. The molecule has 0 fully saturated rings. The normalized spacial score (nSPS) is 12.6. The van der Waals surface area contributed by atoms with Crippen LogP contribution in [0.25, 0.3) is 0 Å². The molecule has 1 atom stereocenters. The van der Waals surface area contributed by atoms with Crippen LogP contribution in [-0.4, -0.2) is 23.0 Å². The van der Waals surface area contributed by atoms with Crippen molar-refractivity contribution in [2.75, 3.05) is 6.54 Å². The summed E-state index contributed by atoms with van der Waals surface area (Å²) in [7, 11) is 0. The molecule has 0 N–H and O–H groups in total. The van der Waals surface area contributed by atoms with E-state index in [1.165, 1.54) is 19.3 Å². The maximum Gasteiger partial charge on any atom is 0.0643 e.